The SMILES string of the molecule is O=C1CC(c2ccccc2)N(CC2CCCCC2)CCCCCCN1. The van der Waals surface area contributed by atoms with E-state index in [4.69, 9.17) is 0 Å². The molecule has 1 saturated carbocycles. The van der Waals surface area contributed by atoms with Gasteiger partial charge < -0.3 is 5.32 Å². The van der Waals surface area contributed by atoms with Gasteiger partial charge in [-0.2, -0.15) is 0 Å². The molecule has 1 N–H and O–H groups in total. The predicted molar refractivity (Wildman–Crippen MR) is 103 cm³/mol. The Balaban J connectivity index is 1.78. The lowest BCUT2D eigenvalue weighted by atomic mass is 9.88. The zero-order chi connectivity index (χ0) is 17.3. The second-order valence-corrected chi connectivity index (χ2v) is 7.89. The minimum Gasteiger partial charge on any atom is -0.356 e. The highest BCUT2D eigenvalue weighted by Gasteiger charge is 2.26. The van der Waals surface area contributed by atoms with Gasteiger partial charge in [0.1, 0.15) is 0 Å². The summed E-state index contributed by atoms with van der Waals surface area (Å²) in [5.74, 6) is 1.03. The van der Waals surface area contributed by atoms with Crippen LogP contribution in [0.4, 0.5) is 0 Å². The fourth-order valence-electron chi connectivity index (χ4n) is 4.48. The molecule has 1 heterocycles. The fraction of sp³-hybridized carbons (Fsp3) is 0.682. The molecule has 138 valence electrons. The van der Waals surface area contributed by atoms with E-state index in [0.717, 1.165) is 32.0 Å². The van der Waals surface area contributed by atoms with Crippen molar-refractivity contribution in [1.29, 1.82) is 0 Å². The highest BCUT2D eigenvalue weighted by molar-refractivity contribution is 5.76. The quantitative estimate of drug-likeness (QED) is 0.864. The van der Waals surface area contributed by atoms with Crippen LogP contribution in [0.25, 0.3) is 0 Å². The van der Waals surface area contributed by atoms with Gasteiger partial charge in [0.2, 0.25) is 5.91 Å². The molecule has 1 aromatic carbocycles. The van der Waals surface area contributed by atoms with Crippen LogP contribution in [-0.4, -0.2) is 30.4 Å². The first kappa shape index (κ1) is 18.4. The van der Waals surface area contributed by atoms with Crippen molar-refractivity contribution in [1.82, 2.24) is 10.2 Å². The number of benzene rings is 1. The van der Waals surface area contributed by atoms with Gasteiger partial charge in [-0.25, -0.2) is 0 Å². The van der Waals surface area contributed by atoms with Crippen LogP contribution in [0.15, 0.2) is 30.3 Å². The minimum absolute atomic E-state index is 0.212. The maximum atomic E-state index is 12.5. The van der Waals surface area contributed by atoms with Crippen molar-refractivity contribution in [2.24, 2.45) is 5.92 Å². The van der Waals surface area contributed by atoms with E-state index in [1.54, 1.807) is 0 Å². The molecule has 3 rings (SSSR count). The Hall–Kier alpha value is -1.35. The summed E-state index contributed by atoms with van der Waals surface area (Å²) in [6.45, 7) is 3.12. The largest absolute Gasteiger partial charge is 0.356 e. The first-order valence-electron chi connectivity index (χ1n) is 10.4. The molecule has 2 aliphatic rings. The van der Waals surface area contributed by atoms with Gasteiger partial charge in [-0.15, -0.1) is 0 Å². The Morgan fingerprint density at radius 2 is 1.64 bits per heavy atom. The lowest BCUT2D eigenvalue weighted by Gasteiger charge is -2.36. The molecule has 1 unspecified atom stereocenters. The molecule has 1 amide bonds. The van der Waals surface area contributed by atoms with Gasteiger partial charge in [-0.05, 0) is 43.7 Å². The predicted octanol–water partition coefficient (Wildman–Crippen LogP) is 4.69. The summed E-state index contributed by atoms with van der Waals surface area (Å²) in [4.78, 5) is 15.1. The molecule has 0 aromatic heterocycles. The number of hydrogen-bond acceptors (Lipinski definition) is 2. The van der Waals surface area contributed by atoms with Gasteiger partial charge in [-0.1, -0.05) is 62.4 Å². The van der Waals surface area contributed by atoms with E-state index >= 15 is 0 Å². The maximum absolute atomic E-state index is 12.5. The molecule has 1 aromatic rings. The molecule has 0 radical (unpaired) electrons. The van der Waals surface area contributed by atoms with E-state index in [1.807, 2.05) is 0 Å². The maximum Gasteiger partial charge on any atom is 0.221 e. The number of carbonyl (C=O) groups excluding carboxylic acids is 1. The molecule has 1 saturated heterocycles. The van der Waals surface area contributed by atoms with Crippen molar-refractivity contribution in [3.63, 3.8) is 0 Å². The van der Waals surface area contributed by atoms with Crippen LogP contribution in [0.1, 0.15) is 75.8 Å². The Morgan fingerprint density at radius 3 is 2.44 bits per heavy atom. The van der Waals surface area contributed by atoms with Crippen LogP contribution in [0.3, 0.4) is 0 Å². The zero-order valence-electron chi connectivity index (χ0n) is 15.6. The topological polar surface area (TPSA) is 32.3 Å². The van der Waals surface area contributed by atoms with Crippen LogP contribution >= 0.6 is 0 Å². The van der Waals surface area contributed by atoms with Crippen LogP contribution in [0.2, 0.25) is 0 Å². The summed E-state index contributed by atoms with van der Waals surface area (Å²) in [6, 6.07) is 10.9. The number of nitrogens with one attached hydrogen (secondary N) is 1. The Labute approximate surface area is 153 Å². The van der Waals surface area contributed by atoms with Crippen LogP contribution in [0.5, 0.6) is 0 Å². The van der Waals surface area contributed by atoms with Gasteiger partial charge in [0.25, 0.3) is 0 Å². The molecule has 3 nitrogen and oxygen atoms in total. The van der Waals surface area contributed by atoms with Crippen molar-refractivity contribution in [2.75, 3.05) is 19.6 Å². The normalized spacial score (nSPS) is 25.1. The van der Waals surface area contributed by atoms with Crippen LogP contribution in [0, 0.1) is 5.92 Å². The summed E-state index contributed by atoms with van der Waals surface area (Å²) in [7, 11) is 0. The number of carbonyl (C=O) groups is 1. The number of nitrogens with zero attached hydrogens (tertiary/aromatic N) is 1. The van der Waals surface area contributed by atoms with Gasteiger partial charge in [0, 0.05) is 25.6 Å². The molecule has 1 aliphatic carbocycles. The Morgan fingerprint density at radius 1 is 0.920 bits per heavy atom. The third kappa shape index (κ3) is 5.85. The summed E-state index contributed by atoms with van der Waals surface area (Å²) in [5, 5.41) is 3.14. The van der Waals surface area contributed by atoms with E-state index in [1.165, 1.54) is 56.9 Å². The number of hydrogen-bond donors (Lipinski definition) is 1. The van der Waals surface area contributed by atoms with E-state index in [0.29, 0.717) is 6.42 Å². The first-order valence-corrected chi connectivity index (χ1v) is 10.4. The van der Waals surface area contributed by atoms with E-state index < -0.39 is 0 Å². The lowest BCUT2D eigenvalue weighted by Crippen LogP contribution is -2.37. The number of rotatable bonds is 3. The average Bonchev–Trinajstić information content (AvgIpc) is 2.69. The van der Waals surface area contributed by atoms with Crippen molar-refractivity contribution in [3.8, 4) is 0 Å². The molecule has 1 aliphatic heterocycles. The minimum atomic E-state index is 0.212. The highest BCUT2D eigenvalue weighted by Crippen LogP contribution is 2.30. The summed E-state index contributed by atoms with van der Waals surface area (Å²) < 4.78 is 0. The third-order valence-electron chi connectivity index (χ3n) is 5.92. The fourth-order valence-corrected chi connectivity index (χ4v) is 4.48. The Bertz CT molecular complexity index is 510. The third-order valence-corrected chi connectivity index (χ3v) is 5.92. The van der Waals surface area contributed by atoms with Crippen molar-refractivity contribution in [2.45, 2.75) is 70.3 Å². The lowest BCUT2D eigenvalue weighted by molar-refractivity contribution is -0.122. The van der Waals surface area contributed by atoms with Crippen LogP contribution in [-0.2, 0) is 4.79 Å². The smallest absolute Gasteiger partial charge is 0.221 e. The van der Waals surface area contributed by atoms with Gasteiger partial charge in [0.05, 0.1) is 0 Å². The summed E-state index contributed by atoms with van der Waals surface area (Å²) in [5.41, 5.74) is 1.30. The average molecular weight is 343 g/mol. The summed E-state index contributed by atoms with van der Waals surface area (Å²) >= 11 is 0. The Kier molecular flexibility index (Phi) is 7.35. The van der Waals surface area contributed by atoms with Crippen molar-refractivity contribution >= 4 is 5.91 Å². The summed E-state index contributed by atoms with van der Waals surface area (Å²) in [6.07, 6.45) is 12.4. The second kappa shape index (κ2) is 9.96. The zero-order valence-corrected chi connectivity index (χ0v) is 15.6. The standard InChI is InChI=1S/C22H34N2O/c25-22-17-21(20-13-7-4-8-14-20)24(16-10-2-1-9-15-23-22)18-19-11-5-3-6-12-19/h4,7-8,13-14,19,21H,1-3,5-6,9-12,15-18H2,(H,23,25). The van der Waals surface area contributed by atoms with Crippen LogP contribution < -0.4 is 5.32 Å². The van der Waals surface area contributed by atoms with Gasteiger partial charge >= 0.3 is 0 Å². The van der Waals surface area contributed by atoms with Crippen molar-refractivity contribution in [3.05, 3.63) is 35.9 Å². The molecule has 0 bridgehead atoms. The second-order valence-electron chi connectivity index (χ2n) is 7.89. The molecule has 0 spiro atoms. The first-order chi connectivity index (χ1) is 12.3. The monoisotopic (exact) mass is 342 g/mol. The highest BCUT2D eigenvalue weighted by atomic mass is 16.1. The molecule has 2 fully saturated rings. The molecule has 3 heteroatoms. The number of amides is 1. The van der Waals surface area contributed by atoms with E-state index in [-0.39, 0.29) is 11.9 Å². The molecular formula is C22H34N2O. The molecule has 25 heavy (non-hydrogen) atoms. The van der Waals surface area contributed by atoms with Gasteiger partial charge in [-0.3, -0.25) is 9.69 Å². The molecular weight excluding hydrogens is 308 g/mol. The van der Waals surface area contributed by atoms with Crippen molar-refractivity contribution < 1.29 is 4.79 Å². The molecule has 1 atom stereocenters. The van der Waals surface area contributed by atoms with Gasteiger partial charge in [0.15, 0.2) is 0 Å². The van der Waals surface area contributed by atoms with E-state index in [9.17, 15) is 4.79 Å². The van der Waals surface area contributed by atoms with E-state index in [2.05, 4.69) is 40.5 Å².